The molecule has 0 aliphatic heterocycles. The molecule has 0 bridgehead atoms. The summed E-state index contributed by atoms with van der Waals surface area (Å²) < 4.78 is 13.7. The van der Waals surface area contributed by atoms with Gasteiger partial charge in [0.1, 0.15) is 5.82 Å². The smallest absolute Gasteiger partial charge is 0.126 e. The quantitative estimate of drug-likeness (QED) is 0.655. The SMILES string of the molecule is Cc1ccc(C(Cc2ccccc2F)NN)c(C)n1. The molecule has 0 aliphatic carbocycles. The van der Waals surface area contributed by atoms with Crippen LogP contribution in [-0.2, 0) is 6.42 Å². The van der Waals surface area contributed by atoms with Gasteiger partial charge in [0.2, 0.25) is 0 Å². The van der Waals surface area contributed by atoms with E-state index < -0.39 is 0 Å². The van der Waals surface area contributed by atoms with Gasteiger partial charge in [-0.3, -0.25) is 16.3 Å². The van der Waals surface area contributed by atoms with Crippen LogP contribution >= 0.6 is 0 Å². The third-order valence-electron chi connectivity index (χ3n) is 3.22. The van der Waals surface area contributed by atoms with E-state index in [0.717, 1.165) is 17.0 Å². The van der Waals surface area contributed by atoms with E-state index in [2.05, 4.69) is 10.4 Å². The lowest BCUT2D eigenvalue weighted by molar-refractivity contribution is 0.525. The summed E-state index contributed by atoms with van der Waals surface area (Å²) in [4.78, 5) is 4.42. The minimum absolute atomic E-state index is 0.148. The summed E-state index contributed by atoms with van der Waals surface area (Å²) in [5, 5.41) is 0. The van der Waals surface area contributed by atoms with Crippen LogP contribution in [0.3, 0.4) is 0 Å². The summed E-state index contributed by atoms with van der Waals surface area (Å²) in [5.41, 5.74) is 6.27. The molecule has 1 atom stereocenters. The van der Waals surface area contributed by atoms with Crippen molar-refractivity contribution in [3.05, 3.63) is 64.7 Å². The number of aryl methyl sites for hydroxylation is 2. The normalized spacial score (nSPS) is 12.4. The lowest BCUT2D eigenvalue weighted by Gasteiger charge is -2.18. The monoisotopic (exact) mass is 259 g/mol. The van der Waals surface area contributed by atoms with E-state index >= 15 is 0 Å². The Kier molecular flexibility index (Phi) is 4.24. The molecule has 19 heavy (non-hydrogen) atoms. The van der Waals surface area contributed by atoms with Gasteiger partial charge in [0.05, 0.1) is 6.04 Å². The van der Waals surface area contributed by atoms with Crippen molar-refractivity contribution in [2.75, 3.05) is 0 Å². The maximum atomic E-state index is 13.7. The van der Waals surface area contributed by atoms with Crippen molar-refractivity contribution < 1.29 is 4.39 Å². The Morgan fingerprint density at radius 2 is 1.95 bits per heavy atom. The van der Waals surface area contributed by atoms with Gasteiger partial charge in [-0.15, -0.1) is 0 Å². The van der Waals surface area contributed by atoms with Crippen molar-refractivity contribution in [1.29, 1.82) is 0 Å². The summed E-state index contributed by atoms with van der Waals surface area (Å²) in [5.74, 6) is 5.40. The van der Waals surface area contributed by atoms with Gasteiger partial charge in [0.25, 0.3) is 0 Å². The van der Waals surface area contributed by atoms with Gasteiger partial charge < -0.3 is 0 Å². The number of nitrogens with two attached hydrogens (primary N) is 1. The van der Waals surface area contributed by atoms with Crippen molar-refractivity contribution in [3.8, 4) is 0 Å². The molecular weight excluding hydrogens is 241 g/mol. The number of halogens is 1. The summed E-state index contributed by atoms with van der Waals surface area (Å²) in [6.07, 6.45) is 0.495. The van der Waals surface area contributed by atoms with E-state index in [1.54, 1.807) is 12.1 Å². The molecule has 1 heterocycles. The second kappa shape index (κ2) is 5.91. The third-order valence-corrected chi connectivity index (χ3v) is 3.22. The van der Waals surface area contributed by atoms with Crippen LogP contribution in [-0.4, -0.2) is 4.98 Å². The van der Waals surface area contributed by atoms with Gasteiger partial charge in [-0.05, 0) is 43.5 Å². The molecule has 0 saturated heterocycles. The number of pyridine rings is 1. The largest absolute Gasteiger partial charge is 0.271 e. The number of benzene rings is 1. The number of aromatic nitrogens is 1. The van der Waals surface area contributed by atoms with Crippen LogP contribution in [0, 0.1) is 19.7 Å². The summed E-state index contributed by atoms with van der Waals surface area (Å²) >= 11 is 0. The minimum Gasteiger partial charge on any atom is -0.271 e. The Balaban J connectivity index is 2.28. The fraction of sp³-hybridized carbons (Fsp3) is 0.267. The Morgan fingerprint density at radius 3 is 2.58 bits per heavy atom. The minimum atomic E-state index is -0.208. The predicted octanol–water partition coefficient (Wildman–Crippen LogP) is 2.58. The zero-order chi connectivity index (χ0) is 13.8. The molecule has 2 aromatic rings. The average Bonchev–Trinajstić information content (AvgIpc) is 2.39. The molecule has 0 amide bonds. The highest BCUT2D eigenvalue weighted by Gasteiger charge is 2.15. The van der Waals surface area contributed by atoms with Crippen LogP contribution in [0.2, 0.25) is 0 Å². The van der Waals surface area contributed by atoms with Gasteiger partial charge in [0, 0.05) is 11.4 Å². The number of nitrogens with zero attached hydrogens (tertiary/aromatic N) is 1. The average molecular weight is 259 g/mol. The molecule has 1 unspecified atom stereocenters. The Bertz CT molecular complexity index is 569. The number of hydrogen-bond acceptors (Lipinski definition) is 3. The maximum Gasteiger partial charge on any atom is 0.126 e. The highest BCUT2D eigenvalue weighted by atomic mass is 19.1. The van der Waals surface area contributed by atoms with Crippen LogP contribution in [0.1, 0.15) is 28.6 Å². The summed E-state index contributed by atoms with van der Waals surface area (Å²) in [7, 11) is 0. The van der Waals surface area contributed by atoms with Crippen molar-refractivity contribution in [2.45, 2.75) is 26.3 Å². The highest BCUT2D eigenvalue weighted by Crippen LogP contribution is 2.21. The standard InChI is InChI=1S/C15H18FN3/c1-10-7-8-13(11(2)18-10)15(19-17)9-12-5-3-4-6-14(12)16/h3-8,15,19H,9,17H2,1-2H3. The molecule has 3 N–H and O–H groups in total. The summed E-state index contributed by atoms with van der Waals surface area (Å²) in [6.45, 7) is 3.88. The molecule has 2 rings (SSSR count). The molecule has 0 radical (unpaired) electrons. The van der Waals surface area contributed by atoms with Gasteiger partial charge in [0.15, 0.2) is 0 Å². The Morgan fingerprint density at radius 1 is 1.21 bits per heavy atom. The number of nitrogens with one attached hydrogen (secondary N) is 1. The molecule has 100 valence electrons. The highest BCUT2D eigenvalue weighted by molar-refractivity contribution is 5.28. The van der Waals surface area contributed by atoms with Crippen LogP contribution in [0.5, 0.6) is 0 Å². The van der Waals surface area contributed by atoms with Crippen molar-refractivity contribution >= 4 is 0 Å². The van der Waals surface area contributed by atoms with Crippen LogP contribution in [0.15, 0.2) is 36.4 Å². The first kappa shape index (κ1) is 13.6. The fourth-order valence-corrected chi connectivity index (χ4v) is 2.21. The van der Waals surface area contributed by atoms with Crippen molar-refractivity contribution in [1.82, 2.24) is 10.4 Å². The van der Waals surface area contributed by atoms with E-state index in [1.165, 1.54) is 6.07 Å². The first-order valence-corrected chi connectivity index (χ1v) is 6.25. The second-order valence-corrected chi connectivity index (χ2v) is 4.64. The van der Waals surface area contributed by atoms with Gasteiger partial charge in [-0.25, -0.2) is 4.39 Å². The molecule has 0 spiro atoms. The second-order valence-electron chi connectivity index (χ2n) is 4.64. The molecule has 1 aromatic carbocycles. The Hall–Kier alpha value is -1.78. The fourth-order valence-electron chi connectivity index (χ4n) is 2.21. The van der Waals surface area contributed by atoms with Gasteiger partial charge >= 0.3 is 0 Å². The zero-order valence-electron chi connectivity index (χ0n) is 11.2. The predicted molar refractivity (Wildman–Crippen MR) is 73.9 cm³/mol. The number of hydrazine groups is 1. The van der Waals surface area contributed by atoms with E-state index in [-0.39, 0.29) is 11.9 Å². The van der Waals surface area contributed by atoms with E-state index in [9.17, 15) is 4.39 Å². The molecule has 0 fully saturated rings. The molecule has 0 aliphatic rings. The van der Waals surface area contributed by atoms with E-state index in [1.807, 2.05) is 32.0 Å². The van der Waals surface area contributed by atoms with Gasteiger partial charge in [-0.2, -0.15) is 0 Å². The first-order valence-electron chi connectivity index (χ1n) is 6.25. The lowest BCUT2D eigenvalue weighted by atomic mass is 9.98. The molecular formula is C15H18FN3. The third kappa shape index (κ3) is 3.16. The van der Waals surface area contributed by atoms with Crippen LogP contribution in [0.4, 0.5) is 4.39 Å². The van der Waals surface area contributed by atoms with E-state index in [4.69, 9.17) is 5.84 Å². The Labute approximate surface area is 112 Å². The topological polar surface area (TPSA) is 50.9 Å². The summed E-state index contributed by atoms with van der Waals surface area (Å²) in [6, 6.07) is 10.5. The lowest BCUT2D eigenvalue weighted by Crippen LogP contribution is -2.30. The van der Waals surface area contributed by atoms with Gasteiger partial charge in [-0.1, -0.05) is 24.3 Å². The number of hydrogen-bond donors (Lipinski definition) is 2. The molecule has 0 saturated carbocycles. The number of rotatable bonds is 4. The van der Waals surface area contributed by atoms with Crippen LogP contribution < -0.4 is 11.3 Å². The van der Waals surface area contributed by atoms with Crippen molar-refractivity contribution in [3.63, 3.8) is 0 Å². The van der Waals surface area contributed by atoms with Crippen LogP contribution in [0.25, 0.3) is 0 Å². The molecule has 1 aromatic heterocycles. The van der Waals surface area contributed by atoms with E-state index in [0.29, 0.717) is 12.0 Å². The zero-order valence-corrected chi connectivity index (χ0v) is 11.2. The molecule has 4 heteroatoms. The first-order chi connectivity index (χ1) is 9.11. The molecule has 3 nitrogen and oxygen atoms in total. The maximum absolute atomic E-state index is 13.7. The van der Waals surface area contributed by atoms with Crippen molar-refractivity contribution in [2.24, 2.45) is 5.84 Å².